The van der Waals surface area contributed by atoms with Gasteiger partial charge in [0.15, 0.2) is 0 Å². The van der Waals surface area contributed by atoms with Gasteiger partial charge in [0.2, 0.25) is 6.67 Å². The first-order chi connectivity index (χ1) is 8.35. The van der Waals surface area contributed by atoms with Crippen LogP contribution in [0.5, 0.6) is 0 Å². The van der Waals surface area contributed by atoms with Crippen molar-refractivity contribution < 1.29 is 16.5 Å². The maximum atomic E-state index is 5.91. The van der Waals surface area contributed by atoms with Gasteiger partial charge in [0, 0.05) is 26.1 Å². The molecule has 0 atom stereocenters. The quantitative estimate of drug-likeness (QED) is 0.532. The zero-order chi connectivity index (χ0) is 13.6. The summed E-state index contributed by atoms with van der Waals surface area (Å²) in [5, 5.41) is 1.08. The van der Waals surface area contributed by atoms with Crippen molar-refractivity contribution in [2.24, 2.45) is 0 Å². The lowest BCUT2D eigenvalue weighted by Crippen LogP contribution is -2.56. The van der Waals surface area contributed by atoms with Crippen LogP contribution in [0.2, 0.25) is 5.28 Å². The molecule has 1 heterocycles. The van der Waals surface area contributed by atoms with Gasteiger partial charge in [0.25, 0.3) is 0 Å². The van der Waals surface area contributed by atoms with Crippen LogP contribution in [0.15, 0.2) is 0 Å². The first kappa shape index (κ1) is 16.4. The summed E-state index contributed by atoms with van der Waals surface area (Å²) < 4.78 is 14.0. The molecular formula is C13H31AlN2O2+2. The highest BCUT2D eigenvalue weighted by Crippen LogP contribution is 2.10. The van der Waals surface area contributed by atoms with Gasteiger partial charge >= 0.3 is 14.8 Å². The molecule has 1 fully saturated rings. The Hall–Kier alpha value is 0.372. The average Bonchev–Trinajstić information content (AvgIpc) is 2.24. The van der Waals surface area contributed by atoms with Crippen LogP contribution in [-0.2, 0) is 7.58 Å². The third-order valence-corrected chi connectivity index (χ3v) is 5.40. The van der Waals surface area contributed by atoms with Crippen molar-refractivity contribution in [2.45, 2.75) is 25.0 Å². The maximum Gasteiger partial charge on any atom is 0.674 e. The van der Waals surface area contributed by atoms with E-state index in [1.807, 2.05) is 0 Å². The predicted octanol–water partition coefficient (Wildman–Crippen LogP) is 1.43. The zero-order valence-electron chi connectivity index (χ0n) is 12.9. The van der Waals surface area contributed by atoms with Crippen LogP contribution in [0.4, 0.5) is 0 Å². The molecule has 0 spiro atoms. The number of nitrogens with zero attached hydrogens (tertiary/aromatic N) is 2. The van der Waals surface area contributed by atoms with Gasteiger partial charge in [-0.2, -0.15) is 0 Å². The number of rotatable bonds is 1. The molecule has 0 bridgehead atoms. The van der Waals surface area contributed by atoms with E-state index in [-0.39, 0.29) is 0 Å². The van der Waals surface area contributed by atoms with Crippen molar-refractivity contribution in [1.29, 1.82) is 0 Å². The molecular weight excluding hydrogens is 243 g/mol. The second-order valence-corrected chi connectivity index (χ2v) is 9.09. The fourth-order valence-corrected chi connectivity index (χ4v) is 4.30. The second-order valence-electron chi connectivity index (χ2n) is 6.75. The van der Waals surface area contributed by atoms with Gasteiger partial charge in [-0.05, 0) is 5.28 Å². The largest absolute Gasteiger partial charge is 0.674 e. The molecule has 0 aliphatic carbocycles. The van der Waals surface area contributed by atoms with Crippen LogP contribution >= 0.6 is 0 Å². The Balaban J connectivity index is 2.57. The highest BCUT2D eigenvalue weighted by Gasteiger charge is 2.29. The van der Waals surface area contributed by atoms with Crippen molar-refractivity contribution in [2.75, 3.05) is 61.2 Å². The predicted molar refractivity (Wildman–Crippen MR) is 76.2 cm³/mol. The lowest BCUT2D eigenvalue weighted by Gasteiger charge is -2.39. The topological polar surface area (TPSA) is 18.5 Å². The number of hydrogen-bond acceptors (Lipinski definition) is 2. The van der Waals surface area contributed by atoms with E-state index in [0.717, 1.165) is 40.3 Å². The third kappa shape index (κ3) is 6.51. The Kier molecular flexibility index (Phi) is 6.60. The highest BCUT2D eigenvalue weighted by molar-refractivity contribution is 6.44. The molecule has 0 aromatic rings. The first-order valence-electron chi connectivity index (χ1n) is 7.22. The molecule has 0 aromatic heterocycles. The summed E-state index contributed by atoms with van der Waals surface area (Å²) in [6.45, 7) is 7.48. The monoisotopic (exact) mass is 274 g/mol. The molecule has 1 rings (SSSR count). The summed E-state index contributed by atoms with van der Waals surface area (Å²) in [6.07, 6.45) is 2.28. The van der Waals surface area contributed by atoms with E-state index in [9.17, 15) is 0 Å². The highest BCUT2D eigenvalue weighted by atomic mass is 27.2. The summed E-state index contributed by atoms with van der Waals surface area (Å²) in [6, 6.07) is 0. The van der Waals surface area contributed by atoms with Crippen molar-refractivity contribution in [3.63, 3.8) is 0 Å². The normalized spacial score (nSPS) is 26.2. The molecule has 0 amide bonds. The minimum absolute atomic E-state index is 0.875. The number of quaternary nitrogens is 2. The molecule has 18 heavy (non-hydrogen) atoms. The van der Waals surface area contributed by atoms with Crippen LogP contribution in [-0.4, -0.2) is 84.9 Å². The average molecular weight is 274 g/mol. The second kappa shape index (κ2) is 7.23. The Bertz CT molecular complexity index is 225. The molecule has 0 radical (unpaired) electrons. The molecule has 1 aliphatic rings. The molecule has 0 aromatic carbocycles. The molecule has 4 nitrogen and oxygen atoms in total. The van der Waals surface area contributed by atoms with Crippen molar-refractivity contribution in [3.05, 3.63) is 0 Å². The van der Waals surface area contributed by atoms with E-state index in [1.54, 1.807) is 0 Å². The van der Waals surface area contributed by atoms with E-state index < -0.39 is 14.8 Å². The Morgan fingerprint density at radius 2 is 1.33 bits per heavy atom. The molecule has 1 aliphatic heterocycles. The molecule has 106 valence electrons. The standard InChI is InChI=1S/C11H26N2O2.C2H5.Al/c1-12(2,7-5-9-14)11-13(3,4)8-6-10-15;1-2;/h5-11H2,1-4H3;1H2,2H3;/q;;+2. The first-order valence-corrected chi connectivity index (χ1v) is 8.98. The lowest BCUT2D eigenvalue weighted by molar-refractivity contribution is -1.07. The molecule has 0 saturated carbocycles. The summed E-state index contributed by atoms with van der Waals surface area (Å²) >= 11 is -1.36. The summed E-state index contributed by atoms with van der Waals surface area (Å²) in [5.41, 5.74) is 0. The maximum absolute atomic E-state index is 5.91. The van der Waals surface area contributed by atoms with Gasteiger partial charge in [0.1, 0.15) is 0 Å². The fourth-order valence-electron chi connectivity index (χ4n) is 2.88. The summed E-state index contributed by atoms with van der Waals surface area (Å²) in [7, 11) is 9.32. The van der Waals surface area contributed by atoms with Crippen molar-refractivity contribution in [3.8, 4) is 0 Å². The number of hydrogen-bond donors (Lipinski definition) is 0. The molecule has 1 saturated heterocycles. The third-order valence-electron chi connectivity index (χ3n) is 3.52. The van der Waals surface area contributed by atoms with E-state index in [4.69, 9.17) is 7.58 Å². The van der Waals surface area contributed by atoms with Crippen LogP contribution in [0.1, 0.15) is 19.8 Å². The van der Waals surface area contributed by atoms with Crippen LogP contribution in [0, 0.1) is 0 Å². The van der Waals surface area contributed by atoms with E-state index in [1.165, 1.54) is 19.8 Å². The Morgan fingerprint density at radius 3 is 1.72 bits per heavy atom. The van der Waals surface area contributed by atoms with Crippen LogP contribution in [0.25, 0.3) is 0 Å². The van der Waals surface area contributed by atoms with Gasteiger partial charge in [-0.3, -0.25) is 8.97 Å². The van der Waals surface area contributed by atoms with Gasteiger partial charge < -0.3 is 7.58 Å². The zero-order valence-corrected chi connectivity index (χ0v) is 14.1. The molecule has 5 heteroatoms. The van der Waals surface area contributed by atoms with Gasteiger partial charge in [-0.25, -0.2) is 0 Å². The van der Waals surface area contributed by atoms with Gasteiger partial charge in [-0.15, -0.1) is 0 Å². The minimum Gasteiger partial charge on any atom is -0.478 e. The van der Waals surface area contributed by atoms with E-state index in [0.29, 0.717) is 0 Å². The molecule has 0 unspecified atom stereocenters. The lowest BCUT2D eigenvalue weighted by atomic mass is 10.3. The molecule has 0 N–H and O–H groups in total. The smallest absolute Gasteiger partial charge is 0.478 e. The van der Waals surface area contributed by atoms with Crippen LogP contribution in [0.3, 0.4) is 0 Å². The fraction of sp³-hybridized carbons (Fsp3) is 1.00. The van der Waals surface area contributed by atoms with Gasteiger partial charge in [0.05, 0.1) is 41.3 Å². The summed E-state index contributed by atoms with van der Waals surface area (Å²) in [4.78, 5) is 0. The van der Waals surface area contributed by atoms with Crippen LogP contribution < -0.4 is 0 Å². The SMILES string of the molecule is C[CH2][Al]1[O]CCC[N+](C)(C)C[N+](C)(C)CCC[O]1. The van der Waals surface area contributed by atoms with Crippen molar-refractivity contribution in [1.82, 2.24) is 0 Å². The summed E-state index contributed by atoms with van der Waals surface area (Å²) in [5.74, 6) is 0. The van der Waals surface area contributed by atoms with Gasteiger partial charge in [-0.1, -0.05) is 6.92 Å². The van der Waals surface area contributed by atoms with E-state index in [2.05, 4.69) is 35.1 Å². The van der Waals surface area contributed by atoms with Crippen molar-refractivity contribution >= 4 is 14.8 Å². The Labute approximate surface area is 118 Å². The van der Waals surface area contributed by atoms with E-state index >= 15 is 0 Å². The minimum atomic E-state index is -1.36. The Morgan fingerprint density at radius 1 is 0.889 bits per heavy atom.